The number of hydrogen-bond donors (Lipinski definition) is 1. The van der Waals surface area contributed by atoms with Crippen molar-refractivity contribution in [1.82, 2.24) is 4.90 Å². The van der Waals surface area contributed by atoms with Gasteiger partial charge in [0.2, 0.25) is 5.91 Å². The predicted molar refractivity (Wildman–Crippen MR) is 65.6 cm³/mol. The highest BCUT2D eigenvalue weighted by molar-refractivity contribution is 5.86. The van der Waals surface area contributed by atoms with Crippen LogP contribution in [0.2, 0.25) is 0 Å². The lowest BCUT2D eigenvalue weighted by molar-refractivity contribution is -0.145. The van der Waals surface area contributed by atoms with Crippen LogP contribution in [0.4, 0.5) is 0 Å². The summed E-state index contributed by atoms with van der Waals surface area (Å²) in [5, 5.41) is 8.83. The SMILES string of the molecule is COCCN(CC(=O)O)C(=O)[C@@H]1C[C@@H]1c1ccco1. The van der Waals surface area contributed by atoms with E-state index in [0.29, 0.717) is 13.2 Å². The largest absolute Gasteiger partial charge is 0.480 e. The zero-order valence-electron chi connectivity index (χ0n) is 10.7. The van der Waals surface area contributed by atoms with E-state index in [2.05, 4.69) is 0 Å². The van der Waals surface area contributed by atoms with Crippen molar-refractivity contribution >= 4 is 11.9 Å². The van der Waals surface area contributed by atoms with Crippen LogP contribution >= 0.6 is 0 Å². The molecular weight excluding hydrogens is 250 g/mol. The first-order valence-corrected chi connectivity index (χ1v) is 6.16. The highest BCUT2D eigenvalue weighted by Crippen LogP contribution is 2.48. The van der Waals surface area contributed by atoms with Crippen LogP contribution in [0.1, 0.15) is 18.1 Å². The number of ether oxygens (including phenoxy) is 1. The second kappa shape index (κ2) is 5.88. The van der Waals surface area contributed by atoms with Gasteiger partial charge in [-0.2, -0.15) is 0 Å². The maximum absolute atomic E-state index is 12.2. The zero-order valence-corrected chi connectivity index (χ0v) is 10.7. The maximum Gasteiger partial charge on any atom is 0.323 e. The number of carbonyl (C=O) groups is 2. The summed E-state index contributed by atoms with van der Waals surface area (Å²) < 4.78 is 10.2. The average molecular weight is 267 g/mol. The first kappa shape index (κ1) is 13.6. The number of furan rings is 1. The molecule has 0 bridgehead atoms. The van der Waals surface area contributed by atoms with Gasteiger partial charge in [-0.15, -0.1) is 0 Å². The van der Waals surface area contributed by atoms with Gasteiger partial charge in [-0.1, -0.05) is 0 Å². The normalized spacial score (nSPS) is 21.1. The fourth-order valence-corrected chi connectivity index (χ4v) is 2.15. The Balaban J connectivity index is 1.94. The summed E-state index contributed by atoms with van der Waals surface area (Å²) in [7, 11) is 1.52. The molecule has 0 unspecified atom stereocenters. The molecule has 1 saturated carbocycles. The van der Waals surface area contributed by atoms with Crippen LogP contribution in [0, 0.1) is 5.92 Å². The van der Waals surface area contributed by atoms with Gasteiger partial charge in [-0.3, -0.25) is 9.59 Å². The highest BCUT2D eigenvalue weighted by atomic mass is 16.5. The number of carboxylic acid groups (broad SMARTS) is 1. The van der Waals surface area contributed by atoms with Gasteiger partial charge in [-0.25, -0.2) is 0 Å². The quantitative estimate of drug-likeness (QED) is 0.795. The van der Waals surface area contributed by atoms with Gasteiger partial charge < -0.3 is 19.2 Å². The number of aliphatic carboxylic acids is 1. The molecule has 1 aliphatic carbocycles. The van der Waals surface area contributed by atoms with Crippen molar-refractivity contribution in [1.29, 1.82) is 0 Å². The second-order valence-corrected chi connectivity index (χ2v) is 4.61. The molecule has 104 valence electrons. The molecular formula is C13H17NO5. The van der Waals surface area contributed by atoms with Crippen LogP contribution < -0.4 is 0 Å². The van der Waals surface area contributed by atoms with Crippen molar-refractivity contribution in [2.45, 2.75) is 12.3 Å². The van der Waals surface area contributed by atoms with E-state index in [4.69, 9.17) is 14.3 Å². The van der Waals surface area contributed by atoms with Gasteiger partial charge in [0.15, 0.2) is 0 Å². The van der Waals surface area contributed by atoms with E-state index >= 15 is 0 Å². The molecule has 0 saturated heterocycles. The maximum atomic E-state index is 12.2. The summed E-state index contributed by atoms with van der Waals surface area (Å²) in [6.07, 6.45) is 2.30. The Morgan fingerprint density at radius 3 is 2.95 bits per heavy atom. The van der Waals surface area contributed by atoms with Crippen LogP contribution in [-0.2, 0) is 14.3 Å². The van der Waals surface area contributed by atoms with Gasteiger partial charge in [0.05, 0.1) is 12.9 Å². The third kappa shape index (κ3) is 3.35. The van der Waals surface area contributed by atoms with E-state index in [-0.39, 0.29) is 24.3 Å². The number of carbonyl (C=O) groups excluding carboxylic acids is 1. The molecule has 0 aromatic carbocycles. The van der Waals surface area contributed by atoms with Gasteiger partial charge in [-0.05, 0) is 18.6 Å². The van der Waals surface area contributed by atoms with Crippen molar-refractivity contribution < 1.29 is 23.8 Å². The number of hydrogen-bond acceptors (Lipinski definition) is 4. The number of nitrogens with zero attached hydrogens (tertiary/aromatic N) is 1. The number of carboxylic acids is 1. The minimum absolute atomic E-state index is 0.0846. The van der Waals surface area contributed by atoms with Crippen molar-refractivity contribution in [2.75, 3.05) is 26.8 Å². The Labute approximate surface area is 110 Å². The van der Waals surface area contributed by atoms with E-state index in [1.54, 1.807) is 12.3 Å². The zero-order chi connectivity index (χ0) is 13.8. The Bertz CT molecular complexity index is 442. The summed E-state index contributed by atoms with van der Waals surface area (Å²) in [6.45, 7) is 0.337. The van der Waals surface area contributed by atoms with Crippen LogP contribution in [0.15, 0.2) is 22.8 Å². The molecule has 6 nitrogen and oxygen atoms in total. The molecule has 1 amide bonds. The molecule has 0 radical (unpaired) electrons. The standard InChI is InChI=1S/C13H17NO5/c1-18-6-4-14(8-12(15)16)13(17)10-7-9(10)11-3-2-5-19-11/h2-3,5,9-10H,4,6-8H2,1H3,(H,15,16)/t9-,10+/m0/s1. The topological polar surface area (TPSA) is 80.0 Å². The lowest BCUT2D eigenvalue weighted by Crippen LogP contribution is -2.39. The van der Waals surface area contributed by atoms with Gasteiger partial charge in [0.25, 0.3) is 0 Å². The van der Waals surface area contributed by atoms with Crippen LogP contribution in [-0.4, -0.2) is 48.7 Å². The molecule has 1 heterocycles. The smallest absolute Gasteiger partial charge is 0.323 e. The van der Waals surface area contributed by atoms with E-state index in [1.165, 1.54) is 12.0 Å². The second-order valence-electron chi connectivity index (χ2n) is 4.61. The van der Waals surface area contributed by atoms with Crippen LogP contribution in [0.3, 0.4) is 0 Å². The third-order valence-electron chi connectivity index (χ3n) is 3.22. The fraction of sp³-hybridized carbons (Fsp3) is 0.538. The molecule has 19 heavy (non-hydrogen) atoms. The van der Waals surface area contributed by atoms with Crippen LogP contribution in [0.5, 0.6) is 0 Å². The number of rotatable bonds is 7. The van der Waals surface area contributed by atoms with Gasteiger partial charge >= 0.3 is 5.97 Å². The van der Waals surface area contributed by atoms with E-state index in [9.17, 15) is 9.59 Å². The van der Waals surface area contributed by atoms with Crippen molar-refractivity contribution in [3.63, 3.8) is 0 Å². The predicted octanol–water partition coefficient (Wildman–Crippen LogP) is 0.943. The Hall–Kier alpha value is -1.82. The van der Waals surface area contributed by atoms with Crippen molar-refractivity contribution in [2.24, 2.45) is 5.92 Å². The summed E-state index contributed by atoms with van der Waals surface area (Å²) in [4.78, 5) is 24.3. The Kier molecular flexibility index (Phi) is 4.21. The number of methoxy groups -OCH3 is 1. The molecule has 1 aliphatic rings. The van der Waals surface area contributed by atoms with Crippen molar-refractivity contribution in [3.8, 4) is 0 Å². The molecule has 2 atom stereocenters. The Morgan fingerprint density at radius 2 is 2.37 bits per heavy atom. The van der Waals surface area contributed by atoms with Crippen LogP contribution in [0.25, 0.3) is 0 Å². The molecule has 1 aromatic heterocycles. The molecule has 1 fully saturated rings. The summed E-state index contributed by atoms with van der Waals surface area (Å²) in [6, 6.07) is 3.63. The molecule has 0 spiro atoms. The number of amides is 1. The monoisotopic (exact) mass is 267 g/mol. The lowest BCUT2D eigenvalue weighted by Gasteiger charge is -2.20. The fourth-order valence-electron chi connectivity index (χ4n) is 2.15. The third-order valence-corrected chi connectivity index (χ3v) is 3.22. The molecule has 1 aromatic rings. The average Bonchev–Trinajstić information content (AvgIpc) is 2.99. The summed E-state index contributed by atoms with van der Waals surface area (Å²) >= 11 is 0. The van der Waals surface area contributed by atoms with E-state index < -0.39 is 5.97 Å². The highest BCUT2D eigenvalue weighted by Gasteiger charge is 2.47. The first-order valence-electron chi connectivity index (χ1n) is 6.16. The molecule has 6 heteroatoms. The Morgan fingerprint density at radius 1 is 1.58 bits per heavy atom. The van der Waals surface area contributed by atoms with E-state index in [0.717, 1.165) is 12.2 Å². The lowest BCUT2D eigenvalue weighted by atomic mass is 10.2. The first-order chi connectivity index (χ1) is 9.13. The van der Waals surface area contributed by atoms with Gasteiger partial charge in [0.1, 0.15) is 12.3 Å². The molecule has 2 rings (SSSR count). The minimum atomic E-state index is -1.01. The van der Waals surface area contributed by atoms with Crippen molar-refractivity contribution in [3.05, 3.63) is 24.2 Å². The summed E-state index contributed by atoms with van der Waals surface area (Å²) in [5.41, 5.74) is 0. The van der Waals surface area contributed by atoms with E-state index in [1.807, 2.05) is 6.07 Å². The van der Waals surface area contributed by atoms with Gasteiger partial charge in [0, 0.05) is 25.5 Å². The summed E-state index contributed by atoms with van der Waals surface area (Å²) in [5.74, 6) is -0.440. The molecule has 1 N–H and O–H groups in total. The molecule has 0 aliphatic heterocycles. The minimum Gasteiger partial charge on any atom is -0.480 e.